The van der Waals surface area contributed by atoms with Gasteiger partial charge in [-0.3, -0.25) is 38.9 Å². The van der Waals surface area contributed by atoms with Gasteiger partial charge in [0, 0.05) is 19.0 Å². The molecular formula is C43H50N6O11. The number of amides is 5. The summed E-state index contributed by atoms with van der Waals surface area (Å²) in [5.74, 6) is -6.92. The zero-order valence-electron chi connectivity index (χ0n) is 33.2. The number of carboxylic acids is 1. The molecule has 60 heavy (non-hydrogen) atoms. The summed E-state index contributed by atoms with van der Waals surface area (Å²) in [5.41, 5.74) is 0.509. The Morgan fingerprint density at radius 1 is 0.867 bits per heavy atom. The second-order valence-electron chi connectivity index (χ2n) is 14.9. The van der Waals surface area contributed by atoms with E-state index in [0.29, 0.717) is 24.8 Å². The van der Waals surface area contributed by atoms with Crippen LogP contribution in [0, 0.1) is 16.0 Å². The summed E-state index contributed by atoms with van der Waals surface area (Å²) in [6.07, 6.45) is 3.47. The number of nitro groups is 1. The fourth-order valence-corrected chi connectivity index (χ4v) is 7.65. The number of likely N-dealkylation sites (tertiary alicyclic amines) is 1. The van der Waals surface area contributed by atoms with Crippen molar-refractivity contribution in [3.63, 3.8) is 0 Å². The van der Waals surface area contributed by atoms with E-state index in [0.717, 1.165) is 24.8 Å². The van der Waals surface area contributed by atoms with Gasteiger partial charge in [0.15, 0.2) is 6.04 Å². The first-order valence-corrected chi connectivity index (χ1v) is 20.1. The van der Waals surface area contributed by atoms with Crippen molar-refractivity contribution < 1.29 is 48.3 Å². The molecule has 1 saturated carbocycles. The topological polar surface area (TPSA) is 243 Å². The van der Waals surface area contributed by atoms with Crippen molar-refractivity contribution in [2.24, 2.45) is 5.92 Å². The first-order chi connectivity index (χ1) is 28.9. The molecular weight excluding hydrogens is 777 g/mol. The van der Waals surface area contributed by atoms with Gasteiger partial charge >= 0.3 is 5.97 Å². The number of ketones is 1. The molecule has 1 aliphatic carbocycles. The first-order valence-electron chi connectivity index (χ1n) is 20.1. The maximum absolute atomic E-state index is 14.7. The van der Waals surface area contributed by atoms with Crippen molar-refractivity contribution in [3.05, 3.63) is 112 Å². The van der Waals surface area contributed by atoms with Gasteiger partial charge in [-0.2, -0.15) is 0 Å². The molecule has 0 bridgehead atoms. The lowest BCUT2D eigenvalue weighted by molar-refractivity contribution is -0.385. The average molecular weight is 827 g/mol. The molecule has 1 aliphatic heterocycles. The van der Waals surface area contributed by atoms with Gasteiger partial charge in [0.1, 0.15) is 17.6 Å². The second kappa shape index (κ2) is 21.5. The van der Waals surface area contributed by atoms with Crippen molar-refractivity contribution in [1.29, 1.82) is 0 Å². The van der Waals surface area contributed by atoms with Gasteiger partial charge < -0.3 is 36.0 Å². The van der Waals surface area contributed by atoms with E-state index in [-0.39, 0.29) is 37.5 Å². The Bertz CT molecular complexity index is 2030. The lowest BCUT2D eigenvalue weighted by Crippen LogP contribution is -2.58. The largest absolute Gasteiger partial charge is 0.479 e. The number of nitro benzene ring substituents is 1. The monoisotopic (exact) mass is 826 g/mol. The van der Waals surface area contributed by atoms with E-state index >= 15 is 0 Å². The van der Waals surface area contributed by atoms with Crippen LogP contribution in [0.1, 0.15) is 85.8 Å². The van der Waals surface area contributed by atoms with Crippen LogP contribution in [0.5, 0.6) is 0 Å². The fourth-order valence-electron chi connectivity index (χ4n) is 7.65. The zero-order chi connectivity index (χ0) is 43.2. The number of rotatable bonds is 19. The van der Waals surface area contributed by atoms with E-state index < -0.39 is 88.7 Å². The molecule has 3 aromatic rings. The summed E-state index contributed by atoms with van der Waals surface area (Å²) in [6.45, 7) is 1.14. The zero-order valence-corrected chi connectivity index (χ0v) is 33.2. The Morgan fingerprint density at radius 3 is 2.17 bits per heavy atom. The average Bonchev–Trinajstić information content (AvgIpc) is 3.70. The van der Waals surface area contributed by atoms with Crippen LogP contribution in [0.2, 0.25) is 0 Å². The Hall–Kier alpha value is -6.49. The number of carbonyl (C=O) groups excluding carboxylic acids is 6. The summed E-state index contributed by atoms with van der Waals surface area (Å²) in [5, 5.41) is 31.4. The number of ether oxygens (including phenoxy) is 1. The van der Waals surface area contributed by atoms with Crippen LogP contribution in [-0.2, 0) is 40.1 Å². The molecule has 5 rings (SSSR count). The van der Waals surface area contributed by atoms with E-state index in [1.165, 1.54) is 41.3 Å². The number of nitrogens with zero attached hydrogens (tertiary/aromatic N) is 2. The summed E-state index contributed by atoms with van der Waals surface area (Å²) in [6, 6.07) is 17.5. The minimum Gasteiger partial charge on any atom is -0.479 e. The second-order valence-corrected chi connectivity index (χ2v) is 14.9. The van der Waals surface area contributed by atoms with Gasteiger partial charge in [-0.15, -0.1) is 0 Å². The molecule has 1 heterocycles. The van der Waals surface area contributed by atoms with Crippen molar-refractivity contribution in [2.75, 3.05) is 13.1 Å². The number of benzene rings is 3. The third kappa shape index (κ3) is 11.8. The quantitative estimate of drug-likeness (QED) is 0.0667. The highest BCUT2D eigenvalue weighted by molar-refractivity contribution is 6.38. The Balaban J connectivity index is 1.33. The minimum atomic E-state index is -1.40. The standard InChI is InChI=1S/C43H50N6O11/c1-2-14-32(38(51)41(54)44-24-35(50)46-37(43(56)57)29-19-10-5-11-20-29)45-40(53)34-23-30(60-26-27-15-6-3-7-16-27)25-48(34)42(55)36(28-17-8-4-9-18-28)47-39(52)31-21-12-13-22-33(31)49(58)59/h3,5-7,10-13,15-16,19-22,28,30,32,34,36-37H,2,4,8-9,14,17-18,23-26H2,1H3,(H,44,54)(H,45,53)(H,46,50)(H,47,52)(H,56,57). The normalized spacial score (nSPS) is 18.0. The molecule has 5 atom stereocenters. The van der Waals surface area contributed by atoms with E-state index in [1.54, 1.807) is 25.1 Å². The van der Waals surface area contributed by atoms with Gasteiger partial charge in [0.25, 0.3) is 17.5 Å². The fraction of sp³-hybridized carbons (Fsp3) is 0.419. The molecule has 0 radical (unpaired) electrons. The lowest BCUT2D eigenvalue weighted by atomic mass is 9.83. The van der Waals surface area contributed by atoms with E-state index in [1.807, 2.05) is 30.3 Å². The predicted molar refractivity (Wildman–Crippen MR) is 216 cm³/mol. The van der Waals surface area contributed by atoms with Crippen molar-refractivity contribution in [2.45, 2.75) is 95.2 Å². The smallest absolute Gasteiger partial charge is 0.330 e. The molecule has 1 saturated heterocycles. The molecule has 3 aromatic carbocycles. The molecule has 0 spiro atoms. The number of hydrogen-bond acceptors (Lipinski definition) is 10. The Labute approximate surface area is 346 Å². The number of carbonyl (C=O) groups is 7. The highest BCUT2D eigenvalue weighted by atomic mass is 16.6. The number of carboxylic acid groups (broad SMARTS) is 1. The number of nitrogens with one attached hydrogen (secondary N) is 4. The minimum absolute atomic E-state index is 0.0193. The van der Waals surface area contributed by atoms with Gasteiger partial charge in [-0.25, -0.2) is 4.79 Å². The van der Waals surface area contributed by atoms with Crippen LogP contribution in [-0.4, -0.2) is 93.5 Å². The molecule has 17 nitrogen and oxygen atoms in total. The van der Waals surface area contributed by atoms with Gasteiger partial charge in [-0.05, 0) is 42.4 Å². The van der Waals surface area contributed by atoms with Crippen LogP contribution in [0.15, 0.2) is 84.9 Å². The number of aliphatic carboxylic acids is 1. The lowest BCUT2D eigenvalue weighted by Gasteiger charge is -2.34. The van der Waals surface area contributed by atoms with Crippen molar-refractivity contribution in [1.82, 2.24) is 26.2 Å². The van der Waals surface area contributed by atoms with Crippen LogP contribution < -0.4 is 21.3 Å². The van der Waals surface area contributed by atoms with Crippen molar-refractivity contribution in [3.8, 4) is 0 Å². The number of hydrogen-bond donors (Lipinski definition) is 5. The van der Waals surface area contributed by atoms with Crippen LogP contribution in [0.4, 0.5) is 5.69 Å². The molecule has 17 heteroatoms. The maximum atomic E-state index is 14.7. The van der Waals surface area contributed by atoms with Gasteiger partial charge in [0.05, 0.1) is 30.2 Å². The van der Waals surface area contributed by atoms with Crippen LogP contribution in [0.25, 0.3) is 0 Å². The molecule has 5 unspecified atom stereocenters. The molecule has 2 aliphatic rings. The highest BCUT2D eigenvalue weighted by Gasteiger charge is 2.45. The molecule has 5 N–H and O–H groups in total. The summed E-state index contributed by atoms with van der Waals surface area (Å²) >= 11 is 0. The first kappa shape index (κ1) is 44.6. The SMILES string of the molecule is CCCC(NC(=O)C1CC(OCc2ccccc2)CN1C(=O)C(NC(=O)c1ccccc1[N+](=O)[O-])C1CCCCC1)C(=O)C(=O)NCC(=O)NC(C(=O)O)c1ccccc1. The Kier molecular flexibility index (Phi) is 16.0. The third-order valence-corrected chi connectivity index (χ3v) is 10.7. The third-order valence-electron chi connectivity index (χ3n) is 10.7. The van der Waals surface area contributed by atoms with E-state index in [9.17, 15) is 48.8 Å². The summed E-state index contributed by atoms with van der Waals surface area (Å²) in [4.78, 5) is 106. The highest BCUT2D eigenvalue weighted by Crippen LogP contribution is 2.31. The molecule has 5 amide bonds. The summed E-state index contributed by atoms with van der Waals surface area (Å²) < 4.78 is 6.19. The number of Topliss-reactive ketones (excluding diaryl/α,β-unsaturated/α-hetero) is 1. The predicted octanol–water partition coefficient (Wildman–Crippen LogP) is 3.37. The van der Waals surface area contributed by atoms with Gasteiger partial charge in [-0.1, -0.05) is 105 Å². The van der Waals surface area contributed by atoms with Crippen LogP contribution >= 0.6 is 0 Å². The van der Waals surface area contributed by atoms with Gasteiger partial charge in [0.2, 0.25) is 23.5 Å². The van der Waals surface area contributed by atoms with Crippen LogP contribution in [0.3, 0.4) is 0 Å². The van der Waals surface area contributed by atoms with E-state index in [2.05, 4.69) is 21.3 Å². The van der Waals surface area contributed by atoms with Crippen molar-refractivity contribution >= 4 is 47.0 Å². The number of para-hydroxylation sites is 1. The summed E-state index contributed by atoms with van der Waals surface area (Å²) in [7, 11) is 0. The van der Waals surface area contributed by atoms with E-state index in [4.69, 9.17) is 4.74 Å². The Morgan fingerprint density at radius 2 is 1.52 bits per heavy atom. The molecule has 2 fully saturated rings. The molecule has 0 aromatic heterocycles. The molecule has 318 valence electrons. The maximum Gasteiger partial charge on any atom is 0.330 e.